The molecule has 2 amide bonds. The summed E-state index contributed by atoms with van der Waals surface area (Å²) < 4.78 is 0. The smallest absolute Gasteiger partial charge is 0.254 e. The Balaban J connectivity index is 1.45. The fourth-order valence-corrected chi connectivity index (χ4v) is 4.24. The molecule has 29 heavy (non-hydrogen) atoms. The predicted octanol–water partition coefficient (Wildman–Crippen LogP) is 4.01. The fraction of sp³-hybridized carbons (Fsp3) is 0.273. The summed E-state index contributed by atoms with van der Waals surface area (Å²) in [6.07, 6.45) is 2.38. The quantitative estimate of drug-likeness (QED) is 0.695. The molecule has 1 aromatic heterocycles. The highest BCUT2D eigenvalue weighted by Gasteiger charge is 2.35. The van der Waals surface area contributed by atoms with Gasteiger partial charge >= 0.3 is 0 Å². The molecular formula is C22H22N4O2S. The van der Waals surface area contributed by atoms with E-state index in [0.717, 1.165) is 23.4 Å². The highest BCUT2D eigenvalue weighted by Crippen LogP contribution is 2.27. The van der Waals surface area contributed by atoms with Crippen molar-refractivity contribution in [2.24, 2.45) is 0 Å². The Hall–Kier alpha value is -3.06. The van der Waals surface area contributed by atoms with Crippen molar-refractivity contribution in [3.63, 3.8) is 0 Å². The minimum atomic E-state index is -0.488. The van der Waals surface area contributed by atoms with Crippen molar-refractivity contribution in [1.82, 2.24) is 15.1 Å². The molecule has 2 aromatic carbocycles. The number of carbonyl (C=O) groups is 2. The molecule has 1 saturated heterocycles. The number of anilines is 1. The molecule has 1 fully saturated rings. The molecule has 1 N–H and O–H groups in total. The summed E-state index contributed by atoms with van der Waals surface area (Å²) in [5.41, 5.74) is 2.76. The van der Waals surface area contributed by atoms with Gasteiger partial charge in [0.25, 0.3) is 5.91 Å². The van der Waals surface area contributed by atoms with Crippen LogP contribution in [-0.2, 0) is 11.2 Å². The molecule has 1 unspecified atom stereocenters. The standard InChI is InChI=1S/C22H22N4O2S/c1-2-15-10-12-17(13-11-15)21(28)26-14-6-9-18(26)19(27)23-22-25-24-20(29-22)16-7-4-3-5-8-16/h3-5,7-8,10-13,18H,2,6,9,14H2,1H3,(H,23,25,27). The van der Waals surface area contributed by atoms with Crippen molar-refractivity contribution in [1.29, 1.82) is 0 Å². The third-order valence-electron chi connectivity index (χ3n) is 5.10. The Morgan fingerprint density at radius 3 is 2.59 bits per heavy atom. The first-order valence-electron chi connectivity index (χ1n) is 9.75. The molecule has 4 rings (SSSR count). The van der Waals surface area contributed by atoms with Crippen LogP contribution < -0.4 is 5.32 Å². The van der Waals surface area contributed by atoms with E-state index >= 15 is 0 Å². The third kappa shape index (κ3) is 4.19. The van der Waals surface area contributed by atoms with Crippen LogP contribution >= 0.6 is 11.3 Å². The summed E-state index contributed by atoms with van der Waals surface area (Å²) in [5, 5.41) is 12.3. The Labute approximate surface area is 173 Å². The predicted molar refractivity (Wildman–Crippen MR) is 114 cm³/mol. The Morgan fingerprint density at radius 1 is 1.10 bits per heavy atom. The average molecular weight is 407 g/mol. The van der Waals surface area contributed by atoms with E-state index in [9.17, 15) is 9.59 Å². The number of nitrogens with zero attached hydrogens (tertiary/aromatic N) is 3. The summed E-state index contributed by atoms with van der Waals surface area (Å²) in [4.78, 5) is 27.4. The van der Waals surface area contributed by atoms with Gasteiger partial charge in [-0.1, -0.05) is 60.7 Å². The highest BCUT2D eigenvalue weighted by atomic mass is 32.1. The molecular weight excluding hydrogens is 384 g/mol. The monoisotopic (exact) mass is 406 g/mol. The second kappa shape index (κ2) is 8.53. The van der Waals surface area contributed by atoms with Crippen LogP contribution in [0.4, 0.5) is 5.13 Å². The zero-order valence-corrected chi connectivity index (χ0v) is 17.0. The number of hydrogen-bond acceptors (Lipinski definition) is 5. The average Bonchev–Trinajstić information content (AvgIpc) is 3.44. The lowest BCUT2D eigenvalue weighted by Gasteiger charge is -2.23. The van der Waals surface area contributed by atoms with E-state index in [1.165, 1.54) is 16.9 Å². The number of carbonyl (C=O) groups excluding carboxylic acids is 2. The number of amides is 2. The van der Waals surface area contributed by atoms with Crippen LogP contribution in [0, 0.1) is 0 Å². The Kier molecular flexibility index (Phi) is 5.67. The van der Waals surface area contributed by atoms with E-state index in [4.69, 9.17) is 0 Å². The second-order valence-electron chi connectivity index (χ2n) is 6.97. The molecule has 0 radical (unpaired) electrons. The van der Waals surface area contributed by atoms with Crippen molar-refractivity contribution in [3.8, 4) is 10.6 Å². The van der Waals surface area contributed by atoms with Gasteiger partial charge in [0, 0.05) is 17.7 Å². The van der Waals surface area contributed by atoms with E-state index in [2.05, 4.69) is 22.4 Å². The zero-order valence-electron chi connectivity index (χ0n) is 16.2. The minimum absolute atomic E-state index is 0.104. The van der Waals surface area contributed by atoms with Gasteiger partial charge in [0.2, 0.25) is 11.0 Å². The van der Waals surface area contributed by atoms with Crippen LogP contribution in [-0.4, -0.2) is 39.5 Å². The molecule has 3 aromatic rings. The molecule has 7 heteroatoms. The van der Waals surface area contributed by atoms with Gasteiger partial charge < -0.3 is 4.90 Å². The van der Waals surface area contributed by atoms with E-state index < -0.39 is 6.04 Å². The maximum absolute atomic E-state index is 12.9. The molecule has 2 heterocycles. The topological polar surface area (TPSA) is 75.2 Å². The lowest BCUT2D eigenvalue weighted by Crippen LogP contribution is -2.43. The largest absolute Gasteiger partial charge is 0.327 e. The maximum Gasteiger partial charge on any atom is 0.254 e. The number of aryl methyl sites for hydroxylation is 1. The van der Waals surface area contributed by atoms with Gasteiger partial charge in [-0.25, -0.2) is 0 Å². The molecule has 6 nitrogen and oxygen atoms in total. The van der Waals surface area contributed by atoms with Crippen LogP contribution in [0.2, 0.25) is 0 Å². The lowest BCUT2D eigenvalue weighted by atomic mass is 10.1. The van der Waals surface area contributed by atoms with Crippen LogP contribution in [0.5, 0.6) is 0 Å². The SMILES string of the molecule is CCc1ccc(C(=O)N2CCCC2C(=O)Nc2nnc(-c3ccccc3)s2)cc1. The van der Waals surface area contributed by atoms with Gasteiger partial charge in [0.15, 0.2) is 0 Å². The molecule has 1 aliphatic heterocycles. The number of nitrogens with one attached hydrogen (secondary N) is 1. The number of hydrogen-bond donors (Lipinski definition) is 1. The van der Waals surface area contributed by atoms with Crippen molar-refractivity contribution in [2.75, 3.05) is 11.9 Å². The minimum Gasteiger partial charge on any atom is -0.327 e. The molecule has 0 bridgehead atoms. The van der Waals surface area contributed by atoms with Crippen LogP contribution in [0.3, 0.4) is 0 Å². The van der Waals surface area contributed by atoms with Crippen molar-refractivity contribution < 1.29 is 9.59 Å². The number of rotatable bonds is 5. The molecule has 148 valence electrons. The first-order valence-corrected chi connectivity index (χ1v) is 10.6. The molecule has 0 saturated carbocycles. The van der Waals surface area contributed by atoms with Crippen molar-refractivity contribution in [3.05, 3.63) is 65.7 Å². The maximum atomic E-state index is 12.9. The van der Waals surface area contributed by atoms with Gasteiger partial charge in [0.1, 0.15) is 11.0 Å². The van der Waals surface area contributed by atoms with Crippen molar-refractivity contribution >= 4 is 28.3 Å². The molecule has 0 aliphatic carbocycles. The summed E-state index contributed by atoms with van der Waals surface area (Å²) >= 11 is 1.33. The fourth-order valence-electron chi connectivity index (χ4n) is 3.49. The summed E-state index contributed by atoms with van der Waals surface area (Å²) in [6, 6.07) is 16.8. The summed E-state index contributed by atoms with van der Waals surface area (Å²) in [7, 11) is 0. The third-order valence-corrected chi connectivity index (χ3v) is 5.99. The highest BCUT2D eigenvalue weighted by molar-refractivity contribution is 7.18. The van der Waals surface area contributed by atoms with E-state index in [1.54, 1.807) is 4.90 Å². The van der Waals surface area contributed by atoms with Crippen LogP contribution in [0.1, 0.15) is 35.7 Å². The Bertz CT molecular complexity index is 1000. The van der Waals surface area contributed by atoms with Gasteiger partial charge in [-0.3, -0.25) is 14.9 Å². The number of likely N-dealkylation sites (tertiary alicyclic amines) is 1. The summed E-state index contributed by atoms with van der Waals surface area (Å²) in [6.45, 7) is 2.66. The van der Waals surface area contributed by atoms with Crippen LogP contribution in [0.15, 0.2) is 54.6 Å². The van der Waals surface area contributed by atoms with Gasteiger partial charge in [-0.05, 0) is 37.0 Å². The van der Waals surface area contributed by atoms with Gasteiger partial charge in [0.05, 0.1) is 0 Å². The first-order chi connectivity index (χ1) is 14.2. The summed E-state index contributed by atoms with van der Waals surface area (Å²) in [5.74, 6) is -0.315. The Morgan fingerprint density at radius 2 is 1.86 bits per heavy atom. The van der Waals surface area contributed by atoms with Crippen LogP contribution in [0.25, 0.3) is 10.6 Å². The molecule has 1 atom stereocenters. The van der Waals surface area contributed by atoms with E-state index in [0.29, 0.717) is 23.7 Å². The van der Waals surface area contributed by atoms with E-state index in [1.807, 2.05) is 54.6 Å². The number of aromatic nitrogens is 2. The molecule has 1 aliphatic rings. The van der Waals surface area contributed by atoms with Gasteiger partial charge in [-0.15, -0.1) is 10.2 Å². The lowest BCUT2D eigenvalue weighted by molar-refractivity contribution is -0.119. The first kappa shape index (κ1) is 19.3. The normalized spacial score (nSPS) is 16.0. The van der Waals surface area contributed by atoms with Crippen molar-refractivity contribution in [2.45, 2.75) is 32.2 Å². The van der Waals surface area contributed by atoms with E-state index in [-0.39, 0.29) is 11.8 Å². The van der Waals surface area contributed by atoms with Gasteiger partial charge in [-0.2, -0.15) is 0 Å². The zero-order chi connectivity index (χ0) is 20.2. The number of benzene rings is 2. The molecule has 0 spiro atoms. The second-order valence-corrected chi connectivity index (χ2v) is 7.95.